The predicted octanol–water partition coefficient (Wildman–Crippen LogP) is 3.80. The van der Waals surface area contributed by atoms with Gasteiger partial charge in [0.25, 0.3) is 0 Å². The Kier molecular flexibility index (Phi) is 10.9. The SMILES string of the molecule is CCNC(=NCC(O)c1cc2ccccc2s1)NCCNC(=O)C1CCCCC1.I. The summed E-state index contributed by atoms with van der Waals surface area (Å²) in [6.07, 6.45) is 4.97. The minimum atomic E-state index is -0.631. The Morgan fingerprint density at radius 3 is 2.63 bits per heavy atom. The molecule has 1 saturated carbocycles. The number of fused-ring (bicyclic) bond motifs is 1. The number of carbonyl (C=O) groups is 1. The Morgan fingerprint density at radius 2 is 1.90 bits per heavy atom. The van der Waals surface area contributed by atoms with Crippen LogP contribution in [0.4, 0.5) is 0 Å². The molecule has 4 N–H and O–H groups in total. The van der Waals surface area contributed by atoms with Gasteiger partial charge in [-0.3, -0.25) is 9.79 Å². The van der Waals surface area contributed by atoms with E-state index in [4.69, 9.17) is 0 Å². The average Bonchev–Trinajstić information content (AvgIpc) is 3.19. The van der Waals surface area contributed by atoms with Crippen molar-refractivity contribution in [3.8, 4) is 0 Å². The molecule has 1 heterocycles. The molecule has 1 aliphatic carbocycles. The van der Waals surface area contributed by atoms with Crippen LogP contribution in [0.3, 0.4) is 0 Å². The van der Waals surface area contributed by atoms with Crippen LogP contribution < -0.4 is 16.0 Å². The lowest BCUT2D eigenvalue weighted by Gasteiger charge is -2.21. The molecule has 0 radical (unpaired) electrons. The summed E-state index contributed by atoms with van der Waals surface area (Å²) in [7, 11) is 0. The number of halogens is 1. The van der Waals surface area contributed by atoms with E-state index in [2.05, 4.69) is 33.1 Å². The van der Waals surface area contributed by atoms with E-state index in [1.807, 2.05) is 25.1 Å². The Hall–Kier alpha value is -1.39. The Labute approximate surface area is 200 Å². The normalized spacial score (nSPS) is 16.0. The third-order valence-electron chi connectivity index (χ3n) is 5.23. The maximum atomic E-state index is 12.2. The molecule has 166 valence electrons. The van der Waals surface area contributed by atoms with Crippen LogP contribution in [0.15, 0.2) is 35.3 Å². The van der Waals surface area contributed by atoms with Gasteiger partial charge in [0.15, 0.2) is 5.96 Å². The highest BCUT2D eigenvalue weighted by Crippen LogP contribution is 2.29. The van der Waals surface area contributed by atoms with Gasteiger partial charge in [0.05, 0.1) is 6.54 Å². The molecule has 1 fully saturated rings. The molecule has 1 amide bonds. The van der Waals surface area contributed by atoms with E-state index in [1.54, 1.807) is 11.3 Å². The number of hydrogen-bond donors (Lipinski definition) is 4. The fourth-order valence-electron chi connectivity index (χ4n) is 3.65. The summed E-state index contributed by atoms with van der Waals surface area (Å²) < 4.78 is 1.17. The first kappa shape index (κ1) is 24.9. The van der Waals surface area contributed by atoms with Gasteiger partial charge in [0.1, 0.15) is 6.10 Å². The van der Waals surface area contributed by atoms with Crippen molar-refractivity contribution in [2.45, 2.75) is 45.1 Å². The van der Waals surface area contributed by atoms with Gasteiger partial charge >= 0.3 is 0 Å². The highest BCUT2D eigenvalue weighted by Gasteiger charge is 2.20. The van der Waals surface area contributed by atoms with Gasteiger partial charge in [-0.2, -0.15) is 0 Å². The lowest BCUT2D eigenvalue weighted by atomic mass is 9.89. The topological polar surface area (TPSA) is 85.8 Å². The minimum Gasteiger partial charge on any atom is -0.386 e. The second-order valence-electron chi connectivity index (χ2n) is 7.47. The number of guanidine groups is 1. The van der Waals surface area contributed by atoms with Gasteiger partial charge in [-0.15, -0.1) is 35.3 Å². The standard InChI is InChI=1S/C22H32N4O2S.HI/c1-2-23-22(25-13-12-24-21(28)16-8-4-3-5-9-16)26-15-18(27)20-14-17-10-6-7-11-19(17)29-20;/h6-7,10-11,14,16,18,27H,2-5,8-9,12-13,15H2,1H3,(H,24,28)(H2,23,25,26);1H. The fraction of sp³-hybridized carbons (Fsp3) is 0.545. The summed E-state index contributed by atoms with van der Waals surface area (Å²) in [5, 5.41) is 21.1. The molecule has 1 aliphatic rings. The minimum absolute atomic E-state index is 0. The molecule has 1 atom stereocenters. The molecule has 1 unspecified atom stereocenters. The number of thiophene rings is 1. The van der Waals surface area contributed by atoms with Crippen molar-refractivity contribution in [2.75, 3.05) is 26.2 Å². The van der Waals surface area contributed by atoms with Crippen molar-refractivity contribution in [3.63, 3.8) is 0 Å². The number of nitrogens with one attached hydrogen (secondary N) is 3. The summed E-state index contributed by atoms with van der Waals surface area (Å²) >= 11 is 1.60. The first-order valence-corrected chi connectivity index (χ1v) is 11.5. The van der Waals surface area contributed by atoms with E-state index in [0.717, 1.165) is 42.5 Å². The van der Waals surface area contributed by atoms with E-state index in [-0.39, 0.29) is 42.3 Å². The van der Waals surface area contributed by atoms with Crippen molar-refractivity contribution in [2.24, 2.45) is 10.9 Å². The van der Waals surface area contributed by atoms with Gasteiger partial charge < -0.3 is 21.1 Å². The van der Waals surface area contributed by atoms with Crippen LogP contribution in [0.2, 0.25) is 0 Å². The molecule has 2 aromatic rings. The number of aliphatic hydroxyl groups is 1. The number of hydrogen-bond acceptors (Lipinski definition) is 4. The molecule has 8 heteroatoms. The highest BCUT2D eigenvalue weighted by atomic mass is 127. The second-order valence-corrected chi connectivity index (χ2v) is 8.59. The third kappa shape index (κ3) is 7.39. The van der Waals surface area contributed by atoms with Crippen molar-refractivity contribution < 1.29 is 9.90 Å². The summed E-state index contributed by atoms with van der Waals surface area (Å²) in [5.41, 5.74) is 0. The highest BCUT2D eigenvalue weighted by molar-refractivity contribution is 14.0. The Balaban J connectivity index is 0.00000320. The number of aliphatic imine (C=N–C) groups is 1. The maximum Gasteiger partial charge on any atom is 0.223 e. The molecule has 0 bridgehead atoms. The molecule has 0 aliphatic heterocycles. The van der Waals surface area contributed by atoms with Crippen LogP contribution in [-0.2, 0) is 4.79 Å². The number of amides is 1. The molecule has 1 aromatic heterocycles. The zero-order valence-electron chi connectivity index (χ0n) is 17.5. The lowest BCUT2D eigenvalue weighted by molar-refractivity contribution is -0.125. The fourth-order valence-corrected chi connectivity index (χ4v) is 4.69. The zero-order chi connectivity index (χ0) is 20.5. The van der Waals surface area contributed by atoms with Crippen molar-refractivity contribution in [3.05, 3.63) is 35.2 Å². The summed E-state index contributed by atoms with van der Waals surface area (Å²) in [4.78, 5) is 17.6. The average molecular weight is 545 g/mol. The van der Waals surface area contributed by atoms with Crippen molar-refractivity contribution >= 4 is 57.3 Å². The summed E-state index contributed by atoms with van der Waals surface area (Å²) in [6.45, 7) is 4.20. The number of aliphatic hydroxyl groups excluding tert-OH is 1. The van der Waals surface area contributed by atoms with E-state index in [1.165, 1.54) is 11.1 Å². The van der Waals surface area contributed by atoms with Crippen LogP contribution in [0.1, 0.15) is 50.0 Å². The zero-order valence-corrected chi connectivity index (χ0v) is 20.7. The van der Waals surface area contributed by atoms with Gasteiger partial charge in [-0.05, 0) is 37.3 Å². The van der Waals surface area contributed by atoms with E-state index >= 15 is 0 Å². The number of nitrogens with zero attached hydrogens (tertiary/aromatic N) is 1. The Morgan fingerprint density at radius 1 is 1.17 bits per heavy atom. The molecule has 0 spiro atoms. The van der Waals surface area contributed by atoms with Crippen molar-refractivity contribution in [1.29, 1.82) is 0 Å². The number of benzene rings is 1. The summed E-state index contributed by atoms with van der Waals surface area (Å²) in [5.74, 6) is 1.01. The monoisotopic (exact) mass is 544 g/mol. The summed E-state index contributed by atoms with van der Waals surface area (Å²) in [6, 6.07) is 10.2. The smallest absolute Gasteiger partial charge is 0.223 e. The molecule has 30 heavy (non-hydrogen) atoms. The van der Waals surface area contributed by atoms with E-state index in [9.17, 15) is 9.90 Å². The number of carbonyl (C=O) groups excluding carboxylic acids is 1. The first-order chi connectivity index (χ1) is 14.2. The van der Waals surface area contributed by atoms with E-state index < -0.39 is 6.10 Å². The molecular weight excluding hydrogens is 511 g/mol. The van der Waals surface area contributed by atoms with Crippen LogP contribution in [0.5, 0.6) is 0 Å². The molecule has 1 aromatic carbocycles. The van der Waals surface area contributed by atoms with Gasteiger partial charge in [-0.25, -0.2) is 0 Å². The quantitative estimate of drug-likeness (QED) is 0.176. The predicted molar refractivity (Wildman–Crippen MR) is 136 cm³/mol. The Bertz CT molecular complexity index is 787. The lowest BCUT2D eigenvalue weighted by Crippen LogP contribution is -2.42. The van der Waals surface area contributed by atoms with Crippen LogP contribution in [-0.4, -0.2) is 43.2 Å². The van der Waals surface area contributed by atoms with Crippen molar-refractivity contribution in [1.82, 2.24) is 16.0 Å². The first-order valence-electron chi connectivity index (χ1n) is 10.6. The molecular formula is C22H33IN4O2S. The maximum absolute atomic E-state index is 12.2. The molecule has 3 rings (SSSR count). The van der Waals surface area contributed by atoms with Crippen LogP contribution >= 0.6 is 35.3 Å². The largest absolute Gasteiger partial charge is 0.386 e. The van der Waals surface area contributed by atoms with Gasteiger partial charge in [-0.1, -0.05) is 37.5 Å². The third-order valence-corrected chi connectivity index (χ3v) is 6.45. The van der Waals surface area contributed by atoms with Crippen LogP contribution in [0.25, 0.3) is 10.1 Å². The second kappa shape index (κ2) is 13.1. The molecule has 0 saturated heterocycles. The van der Waals surface area contributed by atoms with Crippen LogP contribution in [0, 0.1) is 5.92 Å². The number of rotatable bonds is 8. The van der Waals surface area contributed by atoms with E-state index in [0.29, 0.717) is 19.0 Å². The van der Waals surface area contributed by atoms with Gasteiger partial charge in [0, 0.05) is 35.1 Å². The van der Waals surface area contributed by atoms with Gasteiger partial charge in [0.2, 0.25) is 5.91 Å². The molecule has 6 nitrogen and oxygen atoms in total.